The molecular weight excluding hydrogens is 349 g/mol. The molecule has 0 atom stereocenters. The van der Waals surface area contributed by atoms with Crippen molar-refractivity contribution in [2.75, 3.05) is 5.73 Å². The van der Waals surface area contributed by atoms with Crippen molar-refractivity contribution >= 4 is 35.7 Å². The first kappa shape index (κ1) is 15.4. The third-order valence-electron chi connectivity index (χ3n) is 3.34. The van der Waals surface area contributed by atoms with E-state index >= 15 is 0 Å². The van der Waals surface area contributed by atoms with Crippen molar-refractivity contribution in [1.82, 2.24) is 29.5 Å². The van der Waals surface area contributed by atoms with Gasteiger partial charge in [-0.3, -0.25) is 14.4 Å². The molecule has 0 unspecified atom stereocenters. The third-order valence-corrected chi connectivity index (χ3v) is 3.75. The van der Waals surface area contributed by atoms with Crippen molar-refractivity contribution in [2.24, 2.45) is 0 Å². The molecule has 0 radical (unpaired) electrons. The lowest BCUT2D eigenvalue weighted by atomic mass is 10.2. The van der Waals surface area contributed by atoms with Crippen LogP contribution in [0.15, 0.2) is 36.9 Å². The summed E-state index contributed by atoms with van der Waals surface area (Å²) in [4.78, 5) is 38.8. The lowest BCUT2D eigenvalue weighted by molar-refractivity contribution is 0.280. The summed E-state index contributed by atoms with van der Waals surface area (Å²) in [6.07, 6.45) is 2.66. The van der Waals surface area contributed by atoms with Crippen LogP contribution in [0.5, 0.6) is 5.88 Å². The first-order chi connectivity index (χ1) is 11.9. The number of nitrogen functional groups attached to an aromatic ring is 1. The average Bonchev–Trinajstić information content (AvgIpc) is 2.99. The number of rotatable bonds is 3. The van der Waals surface area contributed by atoms with Gasteiger partial charge in [0.25, 0.3) is 0 Å². The predicted octanol–water partition coefficient (Wildman–Crippen LogP) is 0.812. The quantitative estimate of drug-likeness (QED) is 0.446. The highest BCUT2D eigenvalue weighted by molar-refractivity contribution is 7.46. The zero-order chi connectivity index (χ0) is 17.6. The van der Waals surface area contributed by atoms with E-state index in [0.717, 1.165) is 0 Å². The number of phosphoric ester groups is 1. The van der Waals surface area contributed by atoms with Gasteiger partial charge in [-0.25, -0.2) is 24.5 Å². The maximum atomic E-state index is 11.3. The van der Waals surface area contributed by atoms with E-state index in [0.29, 0.717) is 22.1 Å². The number of benzene rings is 1. The SMILES string of the molecule is Nc1ncnc2c1ncn2-c1nc(OP(=O)(O)O)c2ccccc2n1. The van der Waals surface area contributed by atoms with Crippen molar-refractivity contribution in [3.05, 3.63) is 36.9 Å². The predicted molar refractivity (Wildman–Crippen MR) is 86.8 cm³/mol. The summed E-state index contributed by atoms with van der Waals surface area (Å²) < 4.78 is 17.4. The topological polar surface area (TPSA) is 162 Å². The fourth-order valence-corrected chi connectivity index (χ4v) is 2.69. The Balaban J connectivity index is 1.98. The average molecular weight is 359 g/mol. The van der Waals surface area contributed by atoms with Crippen molar-refractivity contribution in [1.29, 1.82) is 0 Å². The molecule has 126 valence electrons. The van der Waals surface area contributed by atoms with E-state index in [4.69, 9.17) is 20.0 Å². The molecule has 3 aromatic heterocycles. The van der Waals surface area contributed by atoms with Crippen LogP contribution in [0.4, 0.5) is 5.82 Å². The van der Waals surface area contributed by atoms with Crippen LogP contribution in [0.1, 0.15) is 0 Å². The summed E-state index contributed by atoms with van der Waals surface area (Å²) in [5.74, 6) is 0.0109. The van der Waals surface area contributed by atoms with Crippen molar-refractivity contribution in [2.45, 2.75) is 0 Å². The van der Waals surface area contributed by atoms with Crippen LogP contribution in [0.2, 0.25) is 0 Å². The van der Waals surface area contributed by atoms with Crippen LogP contribution >= 0.6 is 7.82 Å². The third kappa shape index (κ3) is 2.76. The van der Waals surface area contributed by atoms with Gasteiger partial charge in [0.2, 0.25) is 11.8 Å². The number of nitrogens with zero attached hydrogens (tertiary/aromatic N) is 6. The van der Waals surface area contributed by atoms with Crippen molar-refractivity contribution in [3.63, 3.8) is 0 Å². The van der Waals surface area contributed by atoms with E-state index in [1.165, 1.54) is 17.2 Å². The zero-order valence-electron chi connectivity index (χ0n) is 12.4. The molecule has 0 saturated carbocycles. The minimum absolute atomic E-state index is 0.0720. The summed E-state index contributed by atoms with van der Waals surface area (Å²) in [6.45, 7) is 0. The monoisotopic (exact) mass is 359 g/mol. The second kappa shape index (κ2) is 5.45. The van der Waals surface area contributed by atoms with E-state index in [2.05, 4.69) is 24.9 Å². The number of fused-ring (bicyclic) bond motifs is 2. The largest absolute Gasteiger partial charge is 0.526 e. The van der Waals surface area contributed by atoms with E-state index in [1.807, 2.05) is 0 Å². The lowest BCUT2D eigenvalue weighted by Gasteiger charge is -2.10. The van der Waals surface area contributed by atoms with Gasteiger partial charge in [-0.05, 0) is 12.1 Å². The van der Waals surface area contributed by atoms with Gasteiger partial charge in [0.05, 0.1) is 10.9 Å². The summed E-state index contributed by atoms with van der Waals surface area (Å²) >= 11 is 0. The van der Waals surface area contributed by atoms with Gasteiger partial charge < -0.3 is 10.3 Å². The molecule has 0 spiro atoms. The Kier molecular flexibility index (Phi) is 3.35. The second-order valence-corrected chi connectivity index (χ2v) is 6.14. The van der Waals surface area contributed by atoms with Gasteiger partial charge in [-0.1, -0.05) is 12.1 Å². The van der Waals surface area contributed by atoms with Crippen molar-refractivity contribution in [3.8, 4) is 11.8 Å². The van der Waals surface area contributed by atoms with E-state index < -0.39 is 7.82 Å². The van der Waals surface area contributed by atoms with Gasteiger partial charge in [0.15, 0.2) is 17.0 Å². The van der Waals surface area contributed by atoms with E-state index in [1.54, 1.807) is 24.3 Å². The number of hydrogen-bond acceptors (Lipinski definition) is 8. The highest BCUT2D eigenvalue weighted by atomic mass is 31.2. The van der Waals surface area contributed by atoms with E-state index in [-0.39, 0.29) is 17.6 Å². The first-order valence-corrected chi connectivity index (χ1v) is 8.41. The number of imidazole rings is 1. The molecule has 4 aromatic rings. The standard InChI is InChI=1S/C13H10N7O4P/c14-10-9-11(16-5-15-10)20(6-17-9)13-18-8-4-2-1-3-7(8)12(19-13)24-25(21,22)23/h1-6H,(H2,14,15,16)(H2,21,22,23). The Hall–Kier alpha value is -3.14. The Labute approximate surface area is 139 Å². The molecular formula is C13H10N7O4P. The molecule has 0 amide bonds. The Morgan fingerprint density at radius 1 is 1.12 bits per heavy atom. The fourth-order valence-electron chi connectivity index (χ4n) is 2.33. The number of para-hydroxylation sites is 1. The highest BCUT2D eigenvalue weighted by Crippen LogP contribution is 2.39. The minimum Gasteiger partial charge on any atom is -0.385 e. The number of anilines is 1. The molecule has 4 N–H and O–H groups in total. The van der Waals surface area contributed by atoms with E-state index in [9.17, 15) is 4.57 Å². The molecule has 4 rings (SSSR count). The number of hydrogen-bond donors (Lipinski definition) is 3. The summed E-state index contributed by atoms with van der Waals surface area (Å²) in [5.41, 5.74) is 6.90. The van der Waals surface area contributed by atoms with Gasteiger partial charge in [-0.15, -0.1) is 0 Å². The van der Waals surface area contributed by atoms with Crippen LogP contribution < -0.4 is 10.3 Å². The smallest absolute Gasteiger partial charge is 0.385 e. The Morgan fingerprint density at radius 2 is 1.92 bits per heavy atom. The first-order valence-electron chi connectivity index (χ1n) is 6.88. The zero-order valence-corrected chi connectivity index (χ0v) is 13.3. The van der Waals surface area contributed by atoms with Crippen LogP contribution in [-0.2, 0) is 4.57 Å². The fraction of sp³-hybridized carbons (Fsp3) is 0. The lowest BCUT2D eigenvalue weighted by Crippen LogP contribution is -2.04. The Morgan fingerprint density at radius 3 is 2.72 bits per heavy atom. The molecule has 3 heterocycles. The van der Waals surface area contributed by atoms with Crippen LogP contribution in [0.25, 0.3) is 28.0 Å². The molecule has 0 aliphatic carbocycles. The molecule has 25 heavy (non-hydrogen) atoms. The maximum absolute atomic E-state index is 11.3. The molecule has 0 aliphatic heterocycles. The number of nitrogens with two attached hydrogens (primary N) is 1. The molecule has 1 aromatic carbocycles. The van der Waals surface area contributed by atoms with Gasteiger partial charge in [0.1, 0.15) is 12.7 Å². The number of aromatic nitrogens is 6. The molecule has 0 fully saturated rings. The highest BCUT2D eigenvalue weighted by Gasteiger charge is 2.21. The van der Waals surface area contributed by atoms with Crippen LogP contribution in [-0.4, -0.2) is 39.3 Å². The molecule has 12 heteroatoms. The molecule has 0 saturated heterocycles. The van der Waals surface area contributed by atoms with Crippen molar-refractivity contribution < 1.29 is 18.9 Å². The normalized spacial score (nSPS) is 11.9. The van der Waals surface area contributed by atoms with Crippen LogP contribution in [0, 0.1) is 0 Å². The minimum atomic E-state index is -4.81. The van der Waals surface area contributed by atoms with Crippen LogP contribution in [0.3, 0.4) is 0 Å². The summed E-state index contributed by atoms with van der Waals surface area (Å²) in [6, 6.07) is 6.66. The number of phosphoric acid groups is 1. The molecule has 0 bridgehead atoms. The maximum Gasteiger partial charge on any atom is 0.526 e. The second-order valence-electron chi connectivity index (χ2n) is 4.97. The molecule has 11 nitrogen and oxygen atoms in total. The summed E-state index contributed by atoms with van der Waals surface area (Å²) in [7, 11) is -4.81. The Bertz CT molecular complexity index is 1160. The van der Waals surface area contributed by atoms with Gasteiger partial charge in [0, 0.05) is 0 Å². The summed E-state index contributed by atoms with van der Waals surface area (Å²) in [5, 5.41) is 0.355. The van der Waals surface area contributed by atoms with Gasteiger partial charge in [-0.2, -0.15) is 4.98 Å². The van der Waals surface area contributed by atoms with Gasteiger partial charge >= 0.3 is 7.82 Å². The molecule has 0 aliphatic rings.